The maximum atomic E-state index is 10.6. The molecule has 4 heterocycles. The number of hydrogen-bond donors (Lipinski definition) is 2. The Balaban J connectivity index is 0.000000301. The summed E-state index contributed by atoms with van der Waals surface area (Å²) in [5.74, 6) is -5.51. The second kappa shape index (κ2) is 13.4. The molecule has 0 amide bonds. The zero-order valence-electron chi connectivity index (χ0n) is 20.6. The number of halogens is 6. The van der Waals surface area contributed by atoms with Crippen LogP contribution in [0.1, 0.15) is 41.0 Å². The summed E-state index contributed by atoms with van der Waals surface area (Å²) in [6, 6.07) is 8.82. The van der Waals surface area contributed by atoms with E-state index in [1.165, 1.54) is 60.6 Å². The number of carboxylic acids is 2. The summed E-state index contributed by atoms with van der Waals surface area (Å²) in [5.41, 5.74) is 1.80. The zero-order chi connectivity index (χ0) is 28.6. The largest absolute Gasteiger partial charge is 0.490 e. The normalized spacial score (nSPS) is 17.8. The van der Waals surface area contributed by atoms with E-state index in [1.807, 2.05) is 23.7 Å². The Morgan fingerprint density at radius 3 is 1.97 bits per heavy atom. The van der Waals surface area contributed by atoms with Gasteiger partial charge in [-0.3, -0.25) is 14.8 Å². The molecule has 2 saturated heterocycles. The van der Waals surface area contributed by atoms with Gasteiger partial charge in [0.25, 0.3) is 0 Å². The van der Waals surface area contributed by atoms with Gasteiger partial charge in [-0.05, 0) is 62.9 Å². The fraction of sp³-hybridized carbons (Fsp3) is 0.542. The Bertz CT molecular complexity index is 1010. The molecule has 0 radical (unpaired) electrons. The van der Waals surface area contributed by atoms with Crippen LogP contribution in [0, 0.1) is 6.92 Å². The predicted molar refractivity (Wildman–Crippen MR) is 128 cm³/mol. The Morgan fingerprint density at radius 1 is 0.947 bits per heavy atom. The highest BCUT2D eigenvalue weighted by Crippen LogP contribution is 2.39. The standard InChI is InChI=1S/C20H27N3S.2C2HF3O2/c1-17-5-6-19(24-17)16-22-12-8-20(9-13-22)7-3-11-23(20)15-18-4-2-10-21-14-18;2*3-2(4,5)1(6)7/h2,4-6,10,14H,3,7-9,11-13,15-16H2,1H3;2*(H,6,7). The number of carboxylic acid groups (broad SMARTS) is 2. The highest BCUT2D eigenvalue weighted by Gasteiger charge is 2.43. The first-order valence-electron chi connectivity index (χ1n) is 11.6. The van der Waals surface area contributed by atoms with Crippen molar-refractivity contribution in [1.29, 1.82) is 0 Å². The number of alkyl halides is 6. The molecule has 0 atom stereocenters. The fourth-order valence-corrected chi connectivity index (χ4v) is 5.37. The van der Waals surface area contributed by atoms with Gasteiger partial charge in [0.2, 0.25) is 0 Å². The van der Waals surface area contributed by atoms with E-state index < -0.39 is 24.3 Å². The number of rotatable bonds is 4. The van der Waals surface area contributed by atoms with Crippen molar-refractivity contribution in [2.45, 2.75) is 63.6 Å². The van der Waals surface area contributed by atoms with Gasteiger partial charge in [-0.2, -0.15) is 26.3 Å². The number of nitrogens with zero attached hydrogens (tertiary/aromatic N) is 3. The fourth-order valence-electron chi connectivity index (χ4n) is 4.44. The van der Waals surface area contributed by atoms with Crippen LogP contribution in [0.15, 0.2) is 36.7 Å². The first kappa shape index (κ1) is 31.5. The van der Waals surface area contributed by atoms with E-state index >= 15 is 0 Å². The lowest BCUT2D eigenvalue weighted by Crippen LogP contribution is -2.51. The number of aliphatic carboxylic acids is 2. The molecule has 0 aromatic carbocycles. The summed E-state index contributed by atoms with van der Waals surface area (Å²) < 4.78 is 63.5. The van der Waals surface area contributed by atoms with Gasteiger partial charge in [0, 0.05) is 53.9 Å². The molecular formula is C24H29F6N3O4S. The third-order valence-electron chi connectivity index (χ3n) is 6.28. The molecule has 0 unspecified atom stereocenters. The monoisotopic (exact) mass is 569 g/mol. The SMILES string of the molecule is Cc1ccc(CN2CCC3(CCCN3Cc3cccnc3)CC2)s1.O=C(O)C(F)(F)F.O=C(O)C(F)(F)F. The Hall–Kier alpha value is -2.71. The van der Waals surface area contributed by atoms with Gasteiger partial charge >= 0.3 is 24.3 Å². The molecule has 2 N–H and O–H groups in total. The smallest absolute Gasteiger partial charge is 0.475 e. The number of carbonyl (C=O) groups is 2. The highest BCUT2D eigenvalue weighted by molar-refractivity contribution is 7.11. The Kier molecular flexibility index (Phi) is 11.1. The molecule has 38 heavy (non-hydrogen) atoms. The molecule has 7 nitrogen and oxygen atoms in total. The minimum Gasteiger partial charge on any atom is -0.475 e. The van der Waals surface area contributed by atoms with Crippen LogP contribution in [0.2, 0.25) is 0 Å². The van der Waals surface area contributed by atoms with Crippen molar-refractivity contribution in [2.75, 3.05) is 19.6 Å². The lowest BCUT2D eigenvalue weighted by Gasteiger charge is -2.45. The van der Waals surface area contributed by atoms with Crippen molar-refractivity contribution in [3.63, 3.8) is 0 Å². The molecule has 0 bridgehead atoms. The number of pyridine rings is 1. The van der Waals surface area contributed by atoms with Crippen molar-refractivity contribution in [2.24, 2.45) is 0 Å². The maximum Gasteiger partial charge on any atom is 0.490 e. The van der Waals surface area contributed by atoms with Crippen molar-refractivity contribution in [3.05, 3.63) is 52.0 Å². The van der Waals surface area contributed by atoms with Crippen molar-refractivity contribution in [1.82, 2.24) is 14.8 Å². The number of thiophene rings is 1. The lowest BCUT2D eigenvalue weighted by molar-refractivity contribution is -0.193. The first-order valence-corrected chi connectivity index (χ1v) is 12.5. The van der Waals surface area contributed by atoms with Gasteiger partial charge in [0.1, 0.15) is 0 Å². The summed E-state index contributed by atoms with van der Waals surface area (Å²) >= 11 is 1.95. The van der Waals surface area contributed by atoms with Crippen molar-refractivity contribution >= 4 is 23.3 Å². The second-order valence-electron chi connectivity index (χ2n) is 9.01. The molecule has 14 heteroatoms. The van der Waals surface area contributed by atoms with Crippen LogP contribution in [0.25, 0.3) is 0 Å². The van der Waals surface area contributed by atoms with E-state index in [1.54, 1.807) is 0 Å². The third-order valence-corrected chi connectivity index (χ3v) is 7.27. The second-order valence-corrected chi connectivity index (χ2v) is 10.4. The summed E-state index contributed by atoms with van der Waals surface area (Å²) in [7, 11) is 0. The molecule has 2 aromatic rings. The van der Waals surface area contributed by atoms with Crippen LogP contribution in [0.3, 0.4) is 0 Å². The number of aryl methyl sites for hydroxylation is 1. The minimum absolute atomic E-state index is 0.442. The number of piperidine rings is 1. The van der Waals surface area contributed by atoms with E-state index in [-0.39, 0.29) is 0 Å². The minimum atomic E-state index is -5.08. The summed E-state index contributed by atoms with van der Waals surface area (Å²) in [6.45, 7) is 8.13. The van der Waals surface area contributed by atoms with E-state index in [2.05, 4.69) is 46.0 Å². The van der Waals surface area contributed by atoms with Crippen LogP contribution in [0.5, 0.6) is 0 Å². The molecule has 0 saturated carbocycles. The van der Waals surface area contributed by atoms with Crippen LogP contribution in [0.4, 0.5) is 26.3 Å². The first-order chi connectivity index (χ1) is 17.6. The molecule has 2 aromatic heterocycles. The Morgan fingerprint density at radius 2 is 1.53 bits per heavy atom. The summed E-state index contributed by atoms with van der Waals surface area (Å²) in [6.07, 6.45) is -0.910. The van der Waals surface area contributed by atoms with E-state index in [0.717, 1.165) is 13.1 Å². The van der Waals surface area contributed by atoms with Gasteiger partial charge in [0.15, 0.2) is 0 Å². The van der Waals surface area contributed by atoms with Gasteiger partial charge < -0.3 is 10.2 Å². The molecule has 2 aliphatic heterocycles. The average molecular weight is 570 g/mol. The molecule has 1 spiro atoms. The Labute approximate surface area is 219 Å². The maximum absolute atomic E-state index is 10.6. The van der Waals surface area contributed by atoms with Crippen LogP contribution in [-0.4, -0.2) is 74.5 Å². The average Bonchev–Trinajstić information content (AvgIpc) is 3.41. The number of likely N-dealkylation sites (tertiary alicyclic amines) is 2. The highest BCUT2D eigenvalue weighted by atomic mass is 32.1. The van der Waals surface area contributed by atoms with Gasteiger partial charge in [-0.25, -0.2) is 9.59 Å². The van der Waals surface area contributed by atoms with E-state index in [9.17, 15) is 26.3 Å². The van der Waals surface area contributed by atoms with Crippen LogP contribution >= 0.6 is 11.3 Å². The molecule has 4 rings (SSSR count). The van der Waals surface area contributed by atoms with Gasteiger partial charge in [-0.1, -0.05) is 6.07 Å². The quantitative estimate of drug-likeness (QED) is 0.480. The summed E-state index contributed by atoms with van der Waals surface area (Å²) in [5, 5.41) is 14.2. The molecule has 2 aliphatic rings. The van der Waals surface area contributed by atoms with Crippen LogP contribution < -0.4 is 0 Å². The summed E-state index contributed by atoms with van der Waals surface area (Å²) in [4.78, 5) is 30.4. The topological polar surface area (TPSA) is 94.0 Å². The van der Waals surface area contributed by atoms with Crippen molar-refractivity contribution in [3.8, 4) is 0 Å². The molecule has 212 valence electrons. The predicted octanol–water partition coefficient (Wildman–Crippen LogP) is 5.35. The number of hydrogen-bond acceptors (Lipinski definition) is 6. The molecule has 2 fully saturated rings. The van der Waals surface area contributed by atoms with E-state index in [4.69, 9.17) is 19.8 Å². The molecular weight excluding hydrogens is 540 g/mol. The van der Waals surface area contributed by atoms with Crippen molar-refractivity contribution < 1.29 is 46.1 Å². The zero-order valence-corrected chi connectivity index (χ0v) is 21.4. The van der Waals surface area contributed by atoms with E-state index in [0.29, 0.717) is 5.54 Å². The number of aromatic nitrogens is 1. The third kappa shape index (κ3) is 9.87. The lowest BCUT2D eigenvalue weighted by atomic mass is 9.84. The van der Waals surface area contributed by atoms with Gasteiger partial charge in [-0.15, -0.1) is 11.3 Å². The van der Waals surface area contributed by atoms with Crippen LogP contribution in [-0.2, 0) is 22.7 Å². The molecule has 0 aliphatic carbocycles. The van der Waals surface area contributed by atoms with Gasteiger partial charge in [0.05, 0.1) is 0 Å².